The summed E-state index contributed by atoms with van der Waals surface area (Å²) in [7, 11) is -0.106. The predicted octanol–water partition coefficient (Wildman–Crippen LogP) is 4.00. The van der Waals surface area contributed by atoms with Crippen molar-refractivity contribution >= 4 is 8.72 Å². The van der Waals surface area contributed by atoms with Crippen LogP contribution in [0.5, 0.6) is 0 Å². The highest BCUT2D eigenvalue weighted by Crippen LogP contribution is 2.30. The van der Waals surface area contributed by atoms with Gasteiger partial charge in [-0.15, -0.1) is 0 Å². The lowest BCUT2D eigenvalue weighted by Gasteiger charge is -2.60. The summed E-state index contributed by atoms with van der Waals surface area (Å²) >= 11 is 0. The van der Waals surface area contributed by atoms with E-state index in [0.717, 1.165) is 0 Å². The molecule has 0 saturated carbocycles. The Kier molecular flexibility index (Phi) is 9.69. The quantitative estimate of drug-likeness (QED) is 0.596. The molecule has 0 aromatic carbocycles. The van der Waals surface area contributed by atoms with Gasteiger partial charge in [0, 0.05) is 36.3 Å². The molecule has 0 bridgehead atoms. The van der Waals surface area contributed by atoms with E-state index in [2.05, 4.69) is 109 Å². The molecule has 0 unspecified atom stereocenters. The number of rotatable bonds is 10. The van der Waals surface area contributed by atoms with Crippen LogP contribution in [0.15, 0.2) is 0 Å². The molecule has 146 valence electrons. The maximum atomic E-state index is 3.92. The van der Waals surface area contributed by atoms with Crippen LogP contribution in [-0.2, 0) is 0 Å². The normalized spacial score (nSPS) is 14.2. The van der Waals surface area contributed by atoms with E-state index in [9.17, 15) is 0 Å². The maximum Gasteiger partial charge on any atom is 0.375 e. The van der Waals surface area contributed by atoms with E-state index < -0.39 is 8.72 Å². The fourth-order valence-electron chi connectivity index (χ4n) is 4.74. The van der Waals surface area contributed by atoms with Gasteiger partial charge in [-0.05, 0) is 7.05 Å². The Labute approximate surface area is 154 Å². The van der Waals surface area contributed by atoms with Crippen LogP contribution in [0.1, 0.15) is 83.1 Å². The summed E-state index contributed by atoms with van der Waals surface area (Å²) in [5.41, 5.74) is 0. The van der Waals surface area contributed by atoms with Crippen molar-refractivity contribution in [3.63, 3.8) is 0 Å². The molecule has 0 rings (SSSR count). The summed E-state index contributed by atoms with van der Waals surface area (Å²) in [6, 6.07) is 2.94. The average molecular weight is 359 g/mol. The summed E-state index contributed by atoms with van der Waals surface area (Å²) in [5, 5.41) is 0. The van der Waals surface area contributed by atoms with Crippen LogP contribution >= 0.6 is 0 Å². The zero-order valence-electron chi connectivity index (χ0n) is 18.8. The van der Waals surface area contributed by atoms with Crippen molar-refractivity contribution in [2.75, 3.05) is 7.05 Å². The molecule has 0 amide bonds. The number of nitrogens with one attached hydrogen (secondary N) is 1. The Morgan fingerprint density at radius 1 is 0.458 bits per heavy atom. The van der Waals surface area contributed by atoms with Gasteiger partial charge < -0.3 is 4.98 Å². The molecule has 5 heteroatoms. The second-order valence-electron chi connectivity index (χ2n) is 8.67. The number of nitrogens with zero attached hydrogens (tertiary/aromatic N) is 3. The molecule has 0 atom stereocenters. The first-order valence-electron chi connectivity index (χ1n) is 9.90. The third-order valence-corrected chi connectivity index (χ3v) is 10.7. The van der Waals surface area contributed by atoms with E-state index in [0.29, 0.717) is 36.3 Å². The molecule has 4 nitrogen and oxygen atoms in total. The zero-order chi connectivity index (χ0) is 19.4. The lowest BCUT2D eigenvalue weighted by atomic mass is 10.3. The van der Waals surface area contributed by atoms with Crippen molar-refractivity contribution < 1.29 is 0 Å². The van der Waals surface area contributed by atoms with Gasteiger partial charge in [0.2, 0.25) is 0 Å². The van der Waals surface area contributed by atoms with Gasteiger partial charge in [0.25, 0.3) is 0 Å². The Bertz CT molecular complexity index is 279. The lowest BCUT2D eigenvalue weighted by Crippen LogP contribution is -2.87. The molecule has 0 spiro atoms. The molecule has 0 fully saturated rings. The van der Waals surface area contributed by atoms with E-state index in [1.54, 1.807) is 0 Å². The number of hydrogen-bond acceptors (Lipinski definition) is 4. The summed E-state index contributed by atoms with van der Waals surface area (Å²) < 4.78 is 8.31. The van der Waals surface area contributed by atoms with Crippen molar-refractivity contribution in [2.24, 2.45) is 0 Å². The first-order chi connectivity index (χ1) is 10.9. The topological polar surface area (TPSA) is 21.8 Å². The first-order valence-corrected chi connectivity index (χ1v) is 11.7. The minimum absolute atomic E-state index is 0.490. The zero-order valence-corrected chi connectivity index (χ0v) is 19.8. The van der Waals surface area contributed by atoms with Gasteiger partial charge in [-0.1, -0.05) is 83.1 Å². The second-order valence-corrected chi connectivity index (χ2v) is 12.0. The van der Waals surface area contributed by atoms with E-state index in [4.69, 9.17) is 0 Å². The van der Waals surface area contributed by atoms with Crippen molar-refractivity contribution in [1.29, 1.82) is 0 Å². The lowest BCUT2D eigenvalue weighted by molar-refractivity contribution is 0.119. The molecule has 0 aliphatic carbocycles. The van der Waals surface area contributed by atoms with Crippen LogP contribution in [0.4, 0.5) is 0 Å². The van der Waals surface area contributed by atoms with E-state index in [1.165, 1.54) is 0 Å². The Morgan fingerprint density at radius 3 is 0.708 bits per heavy atom. The Hall–Kier alpha value is 0.0569. The first kappa shape index (κ1) is 24.1. The highest BCUT2D eigenvalue weighted by molar-refractivity contribution is 6.69. The molecule has 0 heterocycles. The fourth-order valence-corrected chi connectivity index (χ4v) is 10.6. The average Bonchev–Trinajstić information content (AvgIpc) is 2.34. The third kappa shape index (κ3) is 4.82. The van der Waals surface area contributed by atoms with E-state index in [-0.39, 0.29) is 0 Å². The van der Waals surface area contributed by atoms with Gasteiger partial charge in [-0.2, -0.15) is 0 Å². The van der Waals surface area contributed by atoms with Crippen LogP contribution < -0.4 is 4.98 Å². The molecular formula is C19H46N4Si. The van der Waals surface area contributed by atoms with E-state index in [1.807, 2.05) is 0 Å². The van der Waals surface area contributed by atoms with Crippen molar-refractivity contribution in [3.05, 3.63) is 0 Å². The molecule has 0 aliphatic rings. The summed E-state index contributed by atoms with van der Waals surface area (Å²) in [6.07, 6.45) is 0. The highest BCUT2D eigenvalue weighted by Gasteiger charge is 2.56. The third-order valence-electron chi connectivity index (χ3n) is 4.75. The molecule has 0 aromatic rings. The minimum Gasteiger partial charge on any atom is -0.303 e. The monoisotopic (exact) mass is 358 g/mol. The van der Waals surface area contributed by atoms with Crippen molar-refractivity contribution in [1.82, 2.24) is 18.7 Å². The van der Waals surface area contributed by atoms with Crippen LogP contribution in [0.3, 0.4) is 0 Å². The fraction of sp³-hybridized carbons (Fsp3) is 1.00. The van der Waals surface area contributed by atoms with E-state index >= 15 is 0 Å². The summed E-state index contributed by atoms with van der Waals surface area (Å²) in [4.78, 5) is 3.92. The molecule has 0 saturated heterocycles. The molecular weight excluding hydrogens is 312 g/mol. The van der Waals surface area contributed by atoms with Gasteiger partial charge in [-0.25, -0.2) is 0 Å². The largest absolute Gasteiger partial charge is 0.375 e. The minimum atomic E-state index is -2.29. The van der Waals surface area contributed by atoms with Crippen LogP contribution in [-0.4, -0.2) is 65.7 Å². The Morgan fingerprint density at radius 2 is 0.625 bits per heavy atom. The maximum absolute atomic E-state index is 3.92. The van der Waals surface area contributed by atoms with Gasteiger partial charge in [-0.3, -0.25) is 13.7 Å². The summed E-state index contributed by atoms with van der Waals surface area (Å²) in [5.74, 6) is 0. The van der Waals surface area contributed by atoms with Crippen molar-refractivity contribution in [3.8, 4) is 0 Å². The van der Waals surface area contributed by atoms with Gasteiger partial charge in [0.1, 0.15) is 0 Å². The van der Waals surface area contributed by atoms with Gasteiger partial charge in [0.05, 0.1) is 0 Å². The molecule has 0 radical (unpaired) electrons. The van der Waals surface area contributed by atoms with Crippen LogP contribution in [0.25, 0.3) is 0 Å². The smallest absolute Gasteiger partial charge is 0.303 e. The SMILES string of the molecule is CN[Si](N(C(C)C)C(C)C)(N(C(C)C)C(C)C)N(C(C)C)C(C)C. The Balaban J connectivity index is 6.70. The molecule has 0 aromatic heterocycles. The summed E-state index contributed by atoms with van der Waals surface area (Å²) in [6.45, 7) is 28.1. The molecule has 1 N–H and O–H groups in total. The van der Waals surface area contributed by atoms with Crippen molar-refractivity contribution in [2.45, 2.75) is 119 Å². The second kappa shape index (κ2) is 9.67. The molecule has 24 heavy (non-hydrogen) atoms. The number of hydrogen-bond donors (Lipinski definition) is 1. The predicted molar refractivity (Wildman–Crippen MR) is 111 cm³/mol. The highest BCUT2D eigenvalue weighted by atomic mass is 28.4. The van der Waals surface area contributed by atoms with Crippen LogP contribution in [0, 0.1) is 0 Å². The molecule has 0 aliphatic heterocycles. The van der Waals surface area contributed by atoms with Gasteiger partial charge >= 0.3 is 8.72 Å². The van der Waals surface area contributed by atoms with Crippen LogP contribution in [0.2, 0.25) is 0 Å². The van der Waals surface area contributed by atoms with Gasteiger partial charge in [0.15, 0.2) is 0 Å². The standard InChI is InChI=1S/C19H46N4Si/c1-14(2)21(15(3)4)24(20-13,22(16(5)6)17(7)8)23(18(9)10)19(11)12/h14-20H,1-13H3.